The van der Waals surface area contributed by atoms with Gasteiger partial charge in [0.15, 0.2) is 5.82 Å². The average molecular weight is 266 g/mol. The fourth-order valence-electron chi connectivity index (χ4n) is 1.36. The van der Waals surface area contributed by atoms with Crippen molar-refractivity contribution >= 4 is 23.4 Å². The first kappa shape index (κ1) is 12.4. The van der Waals surface area contributed by atoms with Crippen molar-refractivity contribution in [3.8, 4) is 5.88 Å². The SMILES string of the molecule is COc1cc(CNc2nc(N)ncc2Cl)ccn1. The zero-order chi connectivity index (χ0) is 13.0. The van der Waals surface area contributed by atoms with E-state index in [0.717, 1.165) is 5.56 Å². The molecule has 0 aliphatic carbocycles. The third-order valence-electron chi connectivity index (χ3n) is 2.23. The quantitative estimate of drug-likeness (QED) is 0.876. The normalized spacial score (nSPS) is 10.1. The Kier molecular flexibility index (Phi) is 3.78. The molecule has 2 aromatic heterocycles. The van der Waals surface area contributed by atoms with Crippen LogP contribution in [0.25, 0.3) is 0 Å². The van der Waals surface area contributed by atoms with E-state index in [0.29, 0.717) is 23.3 Å². The summed E-state index contributed by atoms with van der Waals surface area (Å²) in [4.78, 5) is 11.8. The number of rotatable bonds is 4. The molecule has 7 heteroatoms. The summed E-state index contributed by atoms with van der Waals surface area (Å²) in [6.45, 7) is 0.537. The molecule has 2 rings (SSSR count). The highest BCUT2D eigenvalue weighted by Gasteiger charge is 2.04. The molecule has 0 bridgehead atoms. The number of methoxy groups -OCH3 is 1. The predicted octanol–water partition coefficient (Wildman–Crippen LogP) is 1.73. The molecular weight excluding hydrogens is 254 g/mol. The maximum Gasteiger partial charge on any atom is 0.222 e. The van der Waals surface area contributed by atoms with Gasteiger partial charge in [0.1, 0.15) is 5.02 Å². The van der Waals surface area contributed by atoms with Gasteiger partial charge >= 0.3 is 0 Å². The van der Waals surface area contributed by atoms with E-state index in [2.05, 4.69) is 20.3 Å². The van der Waals surface area contributed by atoms with Crippen LogP contribution in [0.3, 0.4) is 0 Å². The summed E-state index contributed by atoms with van der Waals surface area (Å²) in [7, 11) is 1.57. The van der Waals surface area contributed by atoms with E-state index < -0.39 is 0 Å². The van der Waals surface area contributed by atoms with Crippen LogP contribution in [-0.4, -0.2) is 22.1 Å². The minimum atomic E-state index is 0.175. The summed E-state index contributed by atoms with van der Waals surface area (Å²) in [5.74, 6) is 1.23. The molecule has 0 spiro atoms. The number of halogens is 1. The number of hydrogen-bond donors (Lipinski definition) is 2. The van der Waals surface area contributed by atoms with Crippen LogP contribution in [-0.2, 0) is 6.54 Å². The van der Waals surface area contributed by atoms with Crippen molar-refractivity contribution < 1.29 is 4.74 Å². The van der Waals surface area contributed by atoms with Crippen LogP contribution in [0.4, 0.5) is 11.8 Å². The lowest BCUT2D eigenvalue weighted by molar-refractivity contribution is 0.397. The molecule has 18 heavy (non-hydrogen) atoms. The summed E-state index contributed by atoms with van der Waals surface area (Å²) in [5.41, 5.74) is 6.49. The van der Waals surface area contributed by atoms with Crippen LogP contribution < -0.4 is 15.8 Å². The fourth-order valence-corrected chi connectivity index (χ4v) is 1.52. The molecule has 0 saturated carbocycles. The summed E-state index contributed by atoms with van der Waals surface area (Å²) < 4.78 is 5.04. The zero-order valence-corrected chi connectivity index (χ0v) is 10.5. The molecule has 0 unspecified atom stereocenters. The van der Waals surface area contributed by atoms with E-state index in [4.69, 9.17) is 22.1 Å². The van der Waals surface area contributed by atoms with Crippen molar-refractivity contribution in [1.82, 2.24) is 15.0 Å². The number of hydrogen-bond acceptors (Lipinski definition) is 6. The first-order chi connectivity index (χ1) is 8.69. The smallest absolute Gasteiger partial charge is 0.222 e. The number of nitrogen functional groups attached to an aromatic ring is 1. The highest BCUT2D eigenvalue weighted by Crippen LogP contribution is 2.19. The third kappa shape index (κ3) is 2.98. The lowest BCUT2D eigenvalue weighted by Gasteiger charge is -2.08. The second kappa shape index (κ2) is 5.50. The standard InChI is InChI=1S/C11H12ClN5O/c1-18-9-4-7(2-3-14-9)5-15-10-8(12)6-16-11(13)17-10/h2-4,6H,5H2,1H3,(H3,13,15,16,17). The van der Waals surface area contributed by atoms with E-state index in [1.807, 2.05) is 12.1 Å². The molecule has 0 aromatic carbocycles. The van der Waals surface area contributed by atoms with Gasteiger partial charge in [-0.1, -0.05) is 11.6 Å². The van der Waals surface area contributed by atoms with Gasteiger partial charge in [0, 0.05) is 18.8 Å². The molecule has 2 heterocycles. The zero-order valence-electron chi connectivity index (χ0n) is 9.72. The Morgan fingerprint density at radius 3 is 3.06 bits per heavy atom. The van der Waals surface area contributed by atoms with E-state index in [1.54, 1.807) is 13.3 Å². The molecule has 0 atom stereocenters. The molecule has 94 valence electrons. The predicted molar refractivity (Wildman–Crippen MR) is 69.6 cm³/mol. The molecule has 0 fully saturated rings. The Bertz CT molecular complexity index is 549. The Morgan fingerprint density at radius 2 is 2.28 bits per heavy atom. The van der Waals surface area contributed by atoms with Crippen molar-refractivity contribution in [2.24, 2.45) is 0 Å². The van der Waals surface area contributed by atoms with E-state index >= 15 is 0 Å². The highest BCUT2D eigenvalue weighted by molar-refractivity contribution is 6.32. The Morgan fingerprint density at radius 1 is 1.44 bits per heavy atom. The van der Waals surface area contributed by atoms with Gasteiger partial charge in [0.2, 0.25) is 11.8 Å². The van der Waals surface area contributed by atoms with Gasteiger partial charge in [-0.25, -0.2) is 9.97 Å². The summed E-state index contributed by atoms with van der Waals surface area (Å²) in [5, 5.41) is 3.50. The van der Waals surface area contributed by atoms with E-state index in [9.17, 15) is 0 Å². The number of nitrogens with two attached hydrogens (primary N) is 1. The Labute approximate surface area is 109 Å². The van der Waals surface area contributed by atoms with Crippen LogP contribution in [0.1, 0.15) is 5.56 Å². The van der Waals surface area contributed by atoms with Crippen molar-refractivity contribution in [2.75, 3.05) is 18.2 Å². The number of anilines is 2. The van der Waals surface area contributed by atoms with Gasteiger partial charge in [-0.2, -0.15) is 4.98 Å². The van der Waals surface area contributed by atoms with Crippen molar-refractivity contribution in [3.05, 3.63) is 35.1 Å². The lowest BCUT2D eigenvalue weighted by Crippen LogP contribution is -2.05. The minimum absolute atomic E-state index is 0.175. The summed E-state index contributed by atoms with van der Waals surface area (Å²) >= 11 is 5.94. The topological polar surface area (TPSA) is 86.0 Å². The fraction of sp³-hybridized carbons (Fsp3) is 0.182. The lowest BCUT2D eigenvalue weighted by atomic mass is 10.2. The average Bonchev–Trinajstić information content (AvgIpc) is 2.40. The third-order valence-corrected chi connectivity index (χ3v) is 2.51. The molecule has 0 aliphatic heterocycles. The molecule has 0 amide bonds. The summed E-state index contributed by atoms with van der Waals surface area (Å²) in [6.07, 6.45) is 3.13. The van der Waals surface area contributed by atoms with Crippen molar-refractivity contribution in [1.29, 1.82) is 0 Å². The van der Waals surface area contributed by atoms with Gasteiger partial charge < -0.3 is 15.8 Å². The molecular formula is C11H12ClN5O. The minimum Gasteiger partial charge on any atom is -0.481 e. The number of pyridine rings is 1. The first-order valence-electron chi connectivity index (χ1n) is 5.20. The Balaban J connectivity index is 2.08. The highest BCUT2D eigenvalue weighted by atomic mass is 35.5. The van der Waals surface area contributed by atoms with Gasteiger partial charge in [-0.05, 0) is 11.6 Å². The van der Waals surface area contributed by atoms with Gasteiger partial charge in [0.25, 0.3) is 0 Å². The second-order valence-corrected chi connectivity index (χ2v) is 3.89. The molecule has 3 N–H and O–H groups in total. The van der Waals surface area contributed by atoms with Crippen LogP contribution in [0, 0.1) is 0 Å². The molecule has 0 aliphatic rings. The Hall–Kier alpha value is -2.08. The number of nitrogens with one attached hydrogen (secondary N) is 1. The maximum absolute atomic E-state index is 5.94. The second-order valence-electron chi connectivity index (χ2n) is 3.48. The van der Waals surface area contributed by atoms with Gasteiger partial charge in [0.05, 0.1) is 13.3 Å². The number of nitrogens with zero attached hydrogens (tertiary/aromatic N) is 3. The molecule has 0 saturated heterocycles. The van der Waals surface area contributed by atoms with E-state index in [1.165, 1.54) is 6.20 Å². The van der Waals surface area contributed by atoms with Crippen LogP contribution in [0.2, 0.25) is 5.02 Å². The summed E-state index contributed by atoms with van der Waals surface area (Å²) in [6, 6.07) is 3.69. The van der Waals surface area contributed by atoms with Crippen LogP contribution in [0.5, 0.6) is 5.88 Å². The monoisotopic (exact) mass is 265 g/mol. The maximum atomic E-state index is 5.94. The van der Waals surface area contributed by atoms with Gasteiger partial charge in [-0.3, -0.25) is 0 Å². The largest absolute Gasteiger partial charge is 0.481 e. The van der Waals surface area contributed by atoms with E-state index in [-0.39, 0.29) is 5.95 Å². The van der Waals surface area contributed by atoms with Crippen LogP contribution >= 0.6 is 11.6 Å². The molecule has 6 nitrogen and oxygen atoms in total. The molecule has 2 aromatic rings. The number of aromatic nitrogens is 3. The van der Waals surface area contributed by atoms with Crippen molar-refractivity contribution in [3.63, 3.8) is 0 Å². The molecule has 0 radical (unpaired) electrons. The van der Waals surface area contributed by atoms with Crippen LogP contribution in [0.15, 0.2) is 24.5 Å². The van der Waals surface area contributed by atoms with Crippen molar-refractivity contribution in [2.45, 2.75) is 6.54 Å². The first-order valence-corrected chi connectivity index (χ1v) is 5.57. The van der Waals surface area contributed by atoms with Gasteiger partial charge in [-0.15, -0.1) is 0 Å². The number of ether oxygens (including phenoxy) is 1.